The van der Waals surface area contributed by atoms with Crippen molar-refractivity contribution >= 4 is 37.4 Å². The van der Waals surface area contributed by atoms with Gasteiger partial charge in [-0.15, -0.1) is 11.3 Å². The van der Waals surface area contributed by atoms with Gasteiger partial charge in [0.15, 0.2) is 0 Å². The van der Waals surface area contributed by atoms with Crippen molar-refractivity contribution in [3.8, 4) is 10.4 Å². The molecule has 0 radical (unpaired) electrons. The number of ether oxygens (including phenoxy) is 1. The molecule has 0 saturated carbocycles. The van der Waals surface area contributed by atoms with Crippen LogP contribution < -0.4 is 5.32 Å². The Morgan fingerprint density at radius 3 is 2.70 bits per heavy atom. The molecule has 27 heavy (non-hydrogen) atoms. The van der Waals surface area contributed by atoms with Crippen LogP contribution >= 0.6 is 11.3 Å². The number of anilines is 1. The fourth-order valence-corrected chi connectivity index (χ4v) is 5.32. The average Bonchev–Trinajstić information content (AvgIpc) is 3.14. The van der Waals surface area contributed by atoms with Gasteiger partial charge in [0.25, 0.3) is 0 Å². The van der Waals surface area contributed by atoms with Gasteiger partial charge in [-0.05, 0) is 11.6 Å². The largest absolute Gasteiger partial charge is 0.379 e. The number of hydrogen-bond donors (Lipinski definition) is 1. The van der Waals surface area contributed by atoms with Crippen LogP contribution in [-0.4, -0.2) is 61.3 Å². The molecule has 0 atom stereocenters. The monoisotopic (exact) mass is 404 g/mol. The number of rotatable bonds is 6. The van der Waals surface area contributed by atoms with Gasteiger partial charge >= 0.3 is 0 Å². The summed E-state index contributed by atoms with van der Waals surface area (Å²) in [6, 6.07) is 12.1. The Balaban J connectivity index is 1.48. The van der Waals surface area contributed by atoms with E-state index in [0.717, 1.165) is 20.7 Å². The Morgan fingerprint density at radius 2 is 1.93 bits per heavy atom. The summed E-state index contributed by atoms with van der Waals surface area (Å²) in [6.45, 7) is 2.05. The van der Waals surface area contributed by atoms with Crippen molar-refractivity contribution in [1.29, 1.82) is 0 Å². The molecule has 7 nitrogen and oxygen atoms in total. The summed E-state index contributed by atoms with van der Waals surface area (Å²) in [6.07, 6.45) is 1.51. The van der Waals surface area contributed by atoms with Crippen molar-refractivity contribution in [2.75, 3.05) is 43.9 Å². The van der Waals surface area contributed by atoms with Crippen molar-refractivity contribution in [3.63, 3.8) is 0 Å². The van der Waals surface area contributed by atoms with Gasteiger partial charge in [0.05, 0.1) is 24.4 Å². The van der Waals surface area contributed by atoms with E-state index in [4.69, 9.17) is 4.74 Å². The molecule has 1 aliphatic rings. The summed E-state index contributed by atoms with van der Waals surface area (Å²) in [5, 5.41) is 4.07. The lowest BCUT2D eigenvalue weighted by Gasteiger charge is -2.26. The molecule has 9 heteroatoms. The average molecular weight is 405 g/mol. The minimum atomic E-state index is -3.29. The second-order valence-electron chi connectivity index (χ2n) is 6.17. The summed E-state index contributed by atoms with van der Waals surface area (Å²) in [5.41, 5.74) is 1.13. The van der Waals surface area contributed by atoms with Gasteiger partial charge in [0.2, 0.25) is 10.0 Å². The van der Waals surface area contributed by atoms with Crippen molar-refractivity contribution in [3.05, 3.63) is 42.7 Å². The Kier molecular flexibility index (Phi) is 5.35. The van der Waals surface area contributed by atoms with Crippen LogP contribution in [0.2, 0.25) is 0 Å². The molecule has 1 saturated heterocycles. The third-order valence-corrected chi connectivity index (χ3v) is 7.37. The van der Waals surface area contributed by atoms with E-state index >= 15 is 0 Å². The van der Waals surface area contributed by atoms with E-state index in [1.165, 1.54) is 10.6 Å². The Labute approximate surface area is 162 Å². The molecule has 0 bridgehead atoms. The Bertz CT molecular complexity index is 1020. The zero-order valence-corrected chi connectivity index (χ0v) is 16.3. The lowest BCUT2D eigenvalue weighted by molar-refractivity contribution is 0.0731. The topological polar surface area (TPSA) is 84.4 Å². The summed E-state index contributed by atoms with van der Waals surface area (Å²) in [4.78, 5) is 10.6. The number of nitrogens with one attached hydrogen (secondary N) is 1. The fourth-order valence-electron chi connectivity index (χ4n) is 2.99. The van der Waals surface area contributed by atoms with E-state index in [-0.39, 0.29) is 5.75 Å². The minimum Gasteiger partial charge on any atom is -0.379 e. The van der Waals surface area contributed by atoms with E-state index in [2.05, 4.69) is 27.4 Å². The number of aromatic nitrogens is 2. The number of sulfonamides is 1. The maximum Gasteiger partial charge on any atom is 0.215 e. The van der Waals surface area contributed by atoms with E-state index in [1.807, 2.05) is 24.3 Å². The van der Waals surface area contributed by atoms with Gasteiger partial charge in [0, 0.05) is 24.5 Å². The molecule has 3 heterocycles. The normalized spacial score (nSPS) is 15.9. The highest BCUT2D eigenvalue weighted by atomic mass is 32.2. The zero-order valence-electron chi connectivity index (χ0n) is 14.7. The van der Waals surface area contributed by atoms with Crippen molar-refractivity contribution < 1.29 is 13.2 Å². The molecule has 2 aromatic heterocycles. The molecule has 3 aromatic rings. The molecule has 0 unspecified atom stereocenters. The van der Waals surface area contributed by atoms with E-state index in [0.29, 0.717) is 38.7 Å². The van der Waals surface area contributed by atoms with Crippen molar-refractivity contribution in [2.45, 2.75) is 0 Å². The van der Waals surface area contributed by atoms with Gasteiger partial charge in [-0.25, -0.2) is 18.4 Å². The zero-order chi connectivity index (χ0) is 18.7. The first-order valence-electron chi connectivity index (χ1n) is 8.73. The minimum absolute atomic E-state index is 0.0220. The second kappa shape index (κ2) is 7.89. The van der Waals surface area contributed by atoms with E-state index < -0.39 is 10.0 Å². The Morgan fingerprint density at radius 1 is 1.15 bits per heavy atom. The smallest absolute Gasteiger partial charge is 0.215 e. The molecule has 142 valence electrons. The summed E-state index contributed by atoms with van der Waals surface area (Å²) in [7, 11) is -3.29. The predicted octanol–water partition coefficient (Wildman–Crippen LogP) is 2.43. The maximum atomic E-state index is 12.4. The standard InChI is InChI=1S/C18H20N4O3S2/c23-27(24,22-7-9-25-10-8-22)11-6-19-17-15-12-16(14-4-2-1-3-5-14)26-18(15)21-13-20-17/h1-5,12-13H,6-11H2,(H,19,20,21). The summed E-state index contributed by atoms with van der Waals surface area (Å²) < 4.78 is 31.6. The number of morpholine rings is 1. The highest BCUT2D eigenvalue weighted by Gasteiger charge is 2.23. The molecule has 4 rings (SSSR count). The van der Waals surface area contributed by atoms with Gasteiger partial charge < -0.3 is 10.1 Å². The first-order valence-corrected chi connectivity index (χ1v) is 11.2. The van der Waals surface area contributed by atoms with Gasteiger partial charge in [0.1, 0.15) is 17.0 Å². The SMILES string of the molecule is O=S(=O)(CCNc1ncnc2sc(-c3ccccc3)cc12)N1CCOCC1. The number of fused-ring (bicyclic) bond motifs is 1. The van der Waals surface area contributed by atoms with Crippen LogP contribution in [0.3, 0.4) is 0 Å². The molecular weight excluding hydrogens is 384 g/mol. The molecule has 0 aliphatic carbocycles. The van der Waals surface area contributed by atoms with Crippen molar-refractivity contribution in [1.82, 2.24) is 14.3 Å². The lowest BCUT2D eigenvalue weighted by Crippen LogP contribution is -2.42. The van der Waals surface area contributed by atoms with Crippen molar-refractivity contribution in [2.24, 2.45) is 0 Å². The Hall–Kier alpha value is -2.07. The molecule has 1 aromatic carbocycles. The second-order valence-corrected chi connectivity index (χ2v) is 9.29. The molecular formula is C18H20N4O3S2. The summed E-state index contributed by atoms with van der Waals surface area (Å²) >= 11 is 1.59. The maximum absolute atomic E-state index is 12.4. The number of hydrogen-bond acceptors (Lipinski definition) is 7. The van der Waals surface area contributed by atoms with Crippen LogP contribution in [0.5, 0.6) is 0 Å². The van der Waals surface area contributed by atoms with E-state index in [1.54, 1.807) is 11.3 Å². The number of benzene rings is 1. The van der Waals surface area contributed by atoms with Gasteiger partial charge in [-0.1, -0.05) is 30.3 Å². The predicted molar refractivity (Wildman–Crippen MR) is 108 cm³/mol. The van der Waals surface area contributed by atoms with Gasteiger partial charge in [-0.2, -0.15) is 4.31 Å². The molecule has 1 aliphatic heterocycles. The molecule has 0 spiro atoms. The number of thiophene rings is 1. The van der Waals surface area contributed by atoms with Crippen LogP contribution in [0, 0.1) is 0 Å². The van der Waals surface area contributed by atoms with Crippen LogP contribution in [0.25, 0.3) is 20.7 Å². The summed E-state index contributed by atoms with van der Waals surface area (Å²) in [5.74, 6) is 0.685. The highest BCUT2D eigenvalue weighted by Crippen LogP contribution is 2.34. The number of nitrogens with zero attached hydrogens (tertiary/aromatic N) is 3. The van der Waals surface area contributed by atoms with Crippen LogP contribution in [0.1, 0.15) is 0 Å². The first-order chi connectivity index (χ1) is 13.1. The van der Waals surface area contributed by atoms with Gasteiger partial charge in [-0.3, -0.25) is 0 Å². The molecule has 1 fully saturated rings. The first kappa shape index (κ1) is 18.3. The third kappa shape index (κ3) is 4.11. The van der Waals surface area contributed by atoms with Crippen LogP contribution in [-0.2, 0) is 14.8 Å². The molecule has 1 N–H and O–H groups in total. The quantitative estimate of drug-likeness (QED) is 0.679. The highest BCUT2D eigenvalue weighted by molar-refractivity contribution is 7.89. The van der Waals surface area contributed by atoms with Crippen LogP contribution in [0.4, 0.5) is 5.82 Å². The molecule has 0 amide bonds. The van der Waals surface area contributed by atoms with E-state index in [9.17, 15) is 8.42 Å². The fraction of sp³-hybridized carbons (Fsp3) is 0.333. The van der Waals surface area contributed by atoms with Crippen LogP contribution in [0.15, 0.2) is 42.7 Å². The lowest BCUT2D eigenvalue weighted by atomic mass is 10.2. The third-order valence-electron chi connectivity index (χ3n) is 4.40.